The summed E-state index contributed by atoms with van der Waals surface area (Å²) >= 11 is 0. The van der Waals surface area contributed by atoms with Crippen LogP contribution in [0.2, 0.25) is 0 Å². The summed E-state index contributed by atoms with van der Waals surface area (Å²) in [5.74, 6) is -0.499. The van der Waals surface area contributed by atoms with Crippen molar-refractivity contribution in [3.8, 4) is 0 Å². The Morgan fingerprint density at radius 3 is 2.50 bits per heavy atom. The van der Waals surface area contributed by atoms with Crippen molar-refractivity contribution in [3.05, 3.63) is 0 Å². The van der Waals surface area contributed by atoms with Gasteiger partial charge in [-0.3, -0.25) is 9.59 Å². The molecular weight excluding hydrogens is 208 g/mol. The molecule has 0 saturated heterocycles. The molecule has 0 aromatic heterocycles. The number of Topliss-reactive ketones (excluding diaryl/α,β-unsaturated/α-hetero) is 1. The molecule has 1 rings (SSSR count). The Labute approximate surface area is 95.7 Å². The lowest BCUT2D eigenvalue weighted by atomic mass is 9.98. The largest absolute Gasteiger partial charge is 0.481 e. The van der Waals surface area contributed by atoms with Crippen LogP contribution in [0.4, 0.5) is 0 Å². The molecule has 1 aliphatic carbocycles. The van der Waals surface area contributed by atoms with Crippen LogP contribution in [0.1, 0.15) is 51.4 Å². The summed E-state index contributed by atoms with van der Waals surface area (Å²) < 4.78 is 0. The second-order valence-electron chi connectivity index (χ2n) is 4.60. The minimum atomic E-state index is -0.742. The Morgan fingerprint density at radius 2 is 1.94 bits per heavy atom. The van der Waals surface area contributed by atoms with Gasteiger partial charge in [-0.2, -0.15) is 0 Å². The molecule has 16 heavy (non-hydrogen) atoms. The van der Waals surface area contributed by atoms with Gasteiger partial charge in [0.25, 0.3) is 0 Å². The summed E-state index contributed by atoms with van der Waals surface area (Å²) in [4.78, 5) is 21.6. The SMILES string of the molecule is O=C(O)CCCCCC[C@@H]1C[C@H](O)CC1=O. The van der Waals surface area contributed by atoms with E-state index >= 15 is 0 Å². The molecule has 0 heterocycles. The highest BCUT2D eigenvalue weighted by atomic mass is 16.4. The molecule has 4 nitrogen and oxygen atoms in total. The van der Waals surface area contributed by atoms with Gasteiger partial charge in [-0.1, -0.05) is 19.3 Å². The van der Waals surface area contributed by atoms with Crippen molar-refractivity contribution in [3.63, 3.8) is 0 Å². The number of rotatable bonds is 7. The van der Waals surface area contributed by atoms with E-state index in [4.69, 9.17) is 5.11 Å². The van der Waals surface area contributed by atoms with E-state index in [0.29, 0.717) is 12.8 Å². The first kappa shape index (κ1) is 13.2. The number of aliphatic hydroxyl groups excluding tert-OH is 1. The molecule has 1 saturated carbocycles. The molecule has 0 spiro atoms. The van der Waals surface area contributed by atoms with Crippen molar-refractivity contribution >= 4 is 11.8 Å². The maximum Gasteiger partial charge on any atom is 0.303 e. The van der Waals surface area contributed by atoms with Gasteiger partial charge < -0.3 is 10.2 Å². The first-order valence-electron chi connectivity index (χ1n) is 6.02. The predicted octanol–water partition coefficient (Wildman–Crippen LogP) is 1.75. The molecule has 2 atom stereocenters. The Hall–Kier alpha value is -0.900. The third kappa shape index (κ3) is 4.75. The standard InChI is InChI=1S/C12H20O4/c13-10-7-9(11(14)8-10)5-3-1-2-4-6-12(15)16/h9-10,13H,1-8H2,(H,15,16)/t9-,10+/m1/s1. The third-order valence-corrected chi connectivity index (χ3v) is 3.14. The molecule has 1 aliphatic rings. The van der Waals surface area contributed by atoms with Gasteiger partial charge in [0, 0.05) is 18.8 Å². The summed E-state index contributed by atoms with van der Waals surface area (Å²) in [7, 11) is 0. The van der Waals surface area contributed by atoms with E-state index in [1.807, 2.05) is 0 Å². The van der Waals surface area contributed by atoms with Crippen molar-refractivity contribution in [2.45, 2.75) is 57.5 Å². The molecule has 1 fully saturated rings. The van der Waals surface area contributed by atoms with Crippen LogP contribution in [-0.4, -0.2) is 28.1 Å². The quantitative estimate of drug-likeness (QED) is 0.651. The number of carboxylic acid groups (broad SMARTS) is 1. The van der Waals surface area contributed by atoms with Crippen LogP contribution < -0.4 is 0 Å². The average Bonchev–Trinajstić information content (AvgIpc) is 2.50. The summed E-state index contributed by atoms with van der Waals surface area (Å²) in [6.45, 7) is 0. The van der Waals surface area contributed by atoms with Crippen LogP contribution in [0.15, 0.2) is 0 Å². The lowest BCUT2D eigenvalue weighted by Gasteiger charge is -2.06. The van der Waals surface area contributed by atoms with E-state index in [0.717, 1.165) is 32.1 Å². The maximum absolute atomic E-state index is 11.4. The van der Waals surface area contributed by atoms with E-state index in [1.165, 1.54) is 0 Å². The highest BCUT2D eigenvalue weighted by Gasteiger charge is 2.30. The molecule has 0 amide bonds. The van der Waals surface area contributed by atoms with Gasteiger partial charge >= 0.3 is 5.97 Å². The number of carboxylic acids is 1. The molecule has 0 radical (unpaired) electrons. The van der Waals surface area contributed by atoms with Crippen molar-refractivity contribution in [1.29, 1.82) is 0 Å². The number of aliphatic carboxylic acids is 1. The first-order chi connectivity index (χ1) is 7.59. The second kappa shape index (κ2) is 6.63. The summed E-state index contributed by atoms with van der Waals surface area (Å²) in [6.07, 6.45) is 5.17. The Kier molecular flexibility index (Phi) is 5.46. The van der Waals surface area contributed by atoms with Crippen molar-refractivity contribution in [2.75, 3.05) is 0 Å². The monoisotopic (exact) mass is 228 g/mol. The summed E-state index contributed by atoms with van der Waals surface area (Å²) in [5, 5.41) is 17.7. The number of hydrogen-bond acceptors (Lipinski definition) is 3. The highest BCUT2D eigenvalue weighted by Crippen LogP contribution is 2.26. The van der Waals surface area contributed by atoms with E-state index in [-0.39, 0.29) is 18.1 Å². The van der Waals surface area contributed by atoms with Gasteiger partial charge in [0.1, 0.15) is 5.78 Å². The first-order valence-corrected chi connectivity index (χ1v) is 6.02. The molecule has 0 bridgehead atoms. The fourth-order valence-corrected chi connectivity index (χ4v) is 2.24. The molecule has 0 aromatic carbocycles. The number of hydrogen-bond donors (Lipinski definition) is 2. The second-order valence-corrected chi connectivity index (χ2v) is 4.60. The molecule has 0 aromatic rings. The van der Waals surface area contributed by atoms with E-state index in [2.05, 4.69) is 0 Å². The predicted molar refractivity (Wildman–Crippen MR) is 59.1 cm³/mol. The van der Waals surface area contributed by atoms with Crippen molar-refractivity contribution in [1.82, 2.24) is 0 Å². The smallest absolute Gasteiger partial charge is 0.303 e. The summed E-state index contributed by atoms with van der Waals surface area (Å²) in [6, 6.07) is 0. The number of carbonyl (C=O) groups excluding carboxylic acids is 1. The van der Waals surface area contributed by atoms with Crippen LogP contribution in [0.25, 0.3) is 0 Å². The van der Waals surface area contributed by atoms with Gasteiger partial charge in [0.2, 0.25) is 0 Å². The maximum atomic E-state index is 11.4. The number of unbranched alkanes of at least 4 members (excludes halogenated alkanes) is 3. The van der Waals surface area contributed by atoms with Crippen LogP contribution in [0.3, 0.4) is 0 Å². The molecule has 2 N–H and O–H groups in total. The van der Waals surface area contributed by atoms with Gasteiger partial charge in [-0.25, -0.2) is 0 Å². The van der Waals surface area contributed by atoms with E-state index in [1.54, 1.807) is 0 Å². The molecule has 0 unspecified atom stereocenters. The zero-order chi connectivity index (χ0) is 12.0. The van der Waals surface area contributed by atoms with Gasteiger partial charge in [-0.15, -0.1) is 0 Å². The molecule has 92 valence electrons. The lowest BCUT2D eigenvalue weighted by molar-refractivity contribution is -0.137. The molecule has 0 aliphatic heterocycles. The Balaban J connectivity index is 1.99. The zero-order valence-electron chi connectivity index (χ0n) is 9.52. The highest BCUT2D eigenvalue weighted by molar-refractivity contribution is 5.83. The van der Waals surface area contributed by atoms with Crippen LogP contribution in [-0.2, 0) is 9.59 Å². The van der Waals surface area contributed by atoms with Crippen molar-refractivity contribution < 1.29 is 19.8 Å². The van der Waals surface area contributed by atoms with Gasteiger partial charge in [-0.05, 0) is 19.3 Å². The van der Waals surface area contributed by atoms with Crippen LogP contribution in [0, 0.1) is 5.92 Å². The number of ketones is 1. The lowest BCUT2D eigenvalue weighted by Crippen LogP contribution is -2.05. The fourth-order valence-electron chi connectivity index (χ4n) is 2.24. The topological polar surface area (TPSA) is 74.6 Å². The zero-order valence-corrected chi connectivity index (χ0v) is 9.52. The number of aliphatic hydroxyl groups is 1. The molecule has 4 heteroatoms. The Morgan fingerprint density at radius 1 is 1.25 bits per heavy atom. The minimum absolute atomic E-state index is 0.0504. The van der Waals surface area contributed by atoms with Crippen molar-refractivity contribution in [2.24, 2.45) is 5.92 Å². The summed E-state index contributed by atoms with van der Waals surface area (Å²) in [5.41, 5.74) is 0. The van der Waals surface area contributed by atoms with Gasteiger partial charge in [0.05, 0.1) is 6.10 Å². The molecular formula is C12H20O4. The van der Waals surface area contributed by atoms with Crippen LogP contribution in [0.5, 0.6) is 0 Å². The van der Waals surface area contributed by atoms with E-state index < -0.39 is 12.1 Å². The van der Waals surface area contributed by atoms with Gasteiger partial charge in [0.15, 0.2) is 0 Å². The van der Waals surface area contributed by atoms with Crippen LogP contribution >= 0.6 is 0 Å². The number of carbonyl (C=O) groups is 2. The Bertz CT molecular complexity index is 249. The fraction of sp³-hybridized carbons (Fsp3) is 0.833. The van der Waals surface area contributed by atoms with E-state index in [9.17, 15) is 14.7 Å². The normalized spacial score (nSPS) is 24.9. The average molecular weight is 228 g/mol. The third-order valence-electron chi connectivity index (χ3n) is 3.14. The minimum Gasteiger partial charge on any atom is -0.481 e.